The SMILES string of the molecule is CC(=O)Nc1cccc(N2C[C@@H](C(=O)Nc3ccc(OC(F)(F)F)cc3)CC2=O)c1. The first-order valence-corrected chi connectivity index (χ1v) is 8.95. The molecular formula is C20H18F3N3O4. The highest BCUT2D eigenvalue weighted by Gasteiger charge is 2.35. The number of amides is 3. The molecule has 2 aromatic rings. The van der Waals surface area contributed by atoms with Crippen molar-refractivity contribution in [1.82, 2.24) is 0 Å². The summed E-state index contributed by atoms with van der Waals surface area (Å²) in [5.74, 6) is -1.95. The minimum atomic E-state index is -4.80. The number of carbonyl (C=O) groups excluding carboxylic acids is 3. The van der Waals surface area contributed by atoms with Crippen LogP contribution in [0.2, 0.25) is 0 Å². The fraction of sp³-hybridized carbons (Fsp3) is 0.250. The molecule has 3 amide bonds. The van der Waals surface area contributed by atoms with Gasteiger partial charge in [-0.25, -0.2) is 0 Å². The predicted octanol–water partition coefficient (Wildman–Crippen LogP) is 3.54. The van der Waals surface area contributed by atoms with Gasteiger partial charge in [-0.2, -0.15) is 0 Å². The van der Waals surface area contributed by atoms with Crippen LogP contribution in [-0.4, -0.2) is 30.6 Å². The Morgan fingerprint density at radius 3 is 2.40 bits per heavy atom. The van der Waals surface area contributed by atoms with Crippen LogP contribution in [-0.2, 0) is 14.4 Å². The minimum absolute atomic E-state index is 0.00847. The van der Waals surface area contributed by atoms with Crippen LogP contribution in [0.5, 0.6) is 5.75 Å². The highest BCUT2D eigenvalue weighted by atomic mass is 19.4. The Balaban J connectivity index is 1.63. The van der Waals surface area contributed by atoms with Crippen molar-refractivity contribution < 1.29 is 32.3 Å². The second-order valence-electron chi connectivity index (χ2n) is 6.70. The maximum absolute atomic E-state index is 12.5. The molecule has 0 saturated carbocycles. The first-order chi connectivity index (χ1) is 14.1. The predicted molar refractivity (Wildman–Crippen MR) is 103 cm³/mol. The quantitative estimate of drug-likeness (QED) is 0.773. The van der Waals surface area contributed by atoms with Gasteiger partial charge < -0.3 is 20.3 Å². The summed E-state index contributed by atoms with van der Waals surface area (Å²) in [6.07, 6.45) is -4.80. The lowest BCUT2D eigenvalue weighted by Crippen LogP contribution is -2.28. The number of anilines is 3. The Morgan fingerprint density at radius 1 is 1.07 bits per heavy atom. The molecule has 0 aliphatic carbocycles. The zero-order valence-electron chi connectivity index (χ0n) is 15.8. The molecule has 1 saturated heterocycles. The minimum Gasteiger partial charge on any atom is -0.406 e. The molecule has 0 spiro atoms. The summed E-state index contributed by atoms with van der Waals surface area (Å²) in [5.41, 5.74) is 1.37. The number of alkyl halides is 3. The molecule has 1 aliphatic rings. The molecule has 7 nitrogen and oxygen atoms in total. The van der Waals surface area contributed by atoms with Crippen LogP contribution in [0.15, 0.2) is 48.5 Å². The molecule has 0 aromatic heterocycles. The van der Waals surface area contributed by atoms with Gasteiger partial charge in [-0.1, -0.05) is 6.07 Å². The molecule has 1 fully saturated rings. The second-order valence-corrected chi connectivity index (χ2v) is 6.70. The van der Waals surface area contributed by atoms with E-state index in [0.29, 0.717) is 11.4 Å². The van der Waals surface area contributed by atoms with Crippen molar-refractivity contribution in [2.75, 3.05) is 22.1 Å². The average molecular weight is 421 g/mol. The summed E-state index contributed by atoms with van der Waals surface area (Å²) < 4.78 is 40.4. The standard InChI is InChI=1S/C20H18F3N3O4/c1-12(27)24-15-3-2-4-16(10-15)26-11-13(9-18(26)28)19(29)25-14-5-7-17(8-6-14)30-20(21,22)23/h2-8,10,13H,9,11H2,1H3,(H,24,27)(H,25,29)/t13-/m0/s1. The third kappa shape index (κ3) is 5.49. The Kier molecular flexibility index (Phi) is 5.95. The number of hydrogen-bond donors (Lipinski definition) is 2. The average Bonchev–Trinajstić information content (AvgIpc) is 3.04. The van der Waals surface area contributed by atoms with Gasteiger partial charge in [0.15, 0.2) is 0 Å². The van der Waals surface area contributed by atoms with Crippen LogP contribution in [0, 0.1) is 5.92 Å². The molecule has 0 unspecified atom stereocenters. The van der Waals surface area contributed by atoms with E-state index in [4.69, 9.17) is 0 Å². The monoisotopic (exact) mass is 421 g/mol. The van der Waals surface area contributed by atoms with E-state index >= 15 is 0 Å². The molecule has 0 bridgehead atoms. The van der Waals surface area contributed by atoms with Crippen molar-refractivity contribution in [1.29, 1.82) is 0 Å². The smallest absolute Gasteiger partial charge is 0.406 e. The molecule has 2 aromatic carbocycles. The van der Waals surface area contributed by atoms with E-state index in [-0.39, 0.29) is 30.5 Å². The van der Waals surface area contributed by atoms with Crippen molar-refractivity contribution in [2.24, 2.45) is 5.92 Å². The lowest BCUT2D eigenvalue weighted by Gasteiger charge is -2.18. The van der Waals surface area contributed by atoms with Crippen LogP contribution in [0.25, 0.3) is 0 Å². The molecule has 0 radical (unpaired) electrons. The lowest BCUT2D eigenvalue weighted by molar-refractivity contribution is -0.274. The maximum atomic E-state index is 12.5. The number of halogens is 3. The zero-order valence-corrected chi connectivity index (χ0v) is 15.8. The molecule has 10 heteroatoms. The number of rotatable bonds is 5. The molecule has 3 rings (SSSR count). The number of carbonyl (C=O) groups is 3. The van der Waals surface area contributed by atoms with E-state index in [0.717, 1.165) is 12.1 Å². The highest BCUT2D eigenvalue weighted by molar-refractivity contribution is 6.04. The van der Waals surface area contributed by atoms with Gasteiger partial charge in [0.05, 0.1) is 5.92 Å². The third-order valence-electron chi connectivity index (χ3n) is 4.33. The van der Waals surface area contributed by atoms with Crippen molar-refractivity contribution in [3.05, 3.63) is 48.5 Å². The van der Waals surface area contributed by atoms with Gasteiger partial charge in [0.25, 0.3) is 0 Å². The Bertz CT molecular complexity index is 961. The van der Waals surface area contributed by atoms with Crippen LogP contribution < -0.4 is 20.3 Å². The van der Waals surface area contributed by atoms with Gasteiger partial charge in [0.1, 0.15) is 5.75 Å². The summed E-state index contributed by atoms with van der Waals surface area (Å²) in [7, 11) is 0. The van der Waals surface area contributed by atoms with Crippen LogP contribution in [0.4, 0.5) is 30.2 Å². The number of nitrogens with one attached hydrogen (secondary N) is 2. The first-order valence-electron chi connectivity index (χ1n) is 8.95. The molecule has 1 atom stereocenters. The maximum Gasteiger partial charge on any atom is 0.573 e. The Hall–Kier alpha value is -3.56. The third-order valence-corrected chi connectivity index (χ3v) is 4.33. The van der Waals surface area contributed by atoms with Gasteiger partial charge in [0.2, 0.25) is 17.7 Å². The van der Waals surface area contributed by atoms with Crippen molar-refractivity contribution in [3.8, 4) is 5.75 Å². The number of hydrogen-bond acceptors (Lipinski definition) is 4. The fourth-order valence-electron chi connectivity index (χ4n) is 3.07. The van der Waals surface area contributed by atoms with Gasteiger partial charge in [-0.05, 0) is 42.5 Å². The summed E-state index contributed by atoms with van der Waals surface area (Å²) >= 11 is 0. The summed E-state index contributed by atoms with van der Waals surface area (Å²) in [4.78, 5) is 37.6. The second kappa shape index (κ2) is 8.44. The Labute approximate surface area is 169 Å². The van der Waals surface area contributed by atoms with Gasteiger partial charge >= 0.3 is 6.36 Å². The van der Waals surface area contributed by atoms with Crippen LogP contribution >= 0.6 is 0 Å². The number of ether oxygens (including phenoxy) is 1. The molecule has 2 N–H and O–H groups in total. The van der Waals surface area contributed by atoms with Crippen molar-refractivity contribution in [3.63, 3.8) is 0 Å². The van der Waals surface area contributed by atoms with E-state index in [1.807, 2.05) is 0 Å². The summed E-state index contributed by atoms with van der Waals surface area (Å²) in [5, 5.41) is 5.22. The van der Waals surface area contributed by atoms with E-state index in [2.05, 4.69) is 15.4 Å². The van der Waals surface area contributed by atoms with Crippen LogP contribution in [0.3, 0.4) is 0 Å². The molecule has 30 heavy (non-hydrogen) atoms. The molecular weight excluding hydrogens is 403 g/mol. The van der Waals surface area contributed by atoms with E-state index in [1.165, 1.54) is 24.0 Å². The largest absolute Gasteiger partial charge is 0.573 e. The number of nitrogens with zero attached hydrogens (tertiary/aromatic N) is 1. The topological polar surface area (TPSA) is 87.7 Å². The van der Waals surface area contributed by atoms with Gasteiger partial charge in [-0.15, -0.1) is 13.2 Å². The van der Waals surface area contributed by atoms with Gasteiger partial charge in [-0.3, -0.25) is 14.4 Å². The van der Waals surface area contributed by atoms with Crippen molar-refractivity contribution in [2.45, 2.75) is 19.7 Å². The van der Waals surface area contributed by atoms with Crippen LogP contribution in [0.1, 0.15) is 13.3 Å². The summed E-state index contributed by atoms with van der Waals surface area (Å²) in [6, 6.07) is 11.4. The molecule has 1 heterocycles. The van der Waals surface area contributed by atoms with E-state index in [1.54, 1.807) is 24.3 Å². The fourth-order valence-corrected chi connectivity index (χ4v) is 3.07. The Morgan fingerprint density at radius 2 is 1.77 bits per heavy atom. The van der Waals surface area contributed by atoms with Gasteiger partial charge in [0, 0.05) is 37.0 Å². The first kappa shape index (κ1) is 21.2. The van der Waals surface area contributed by atoms with E-state index < -0.39 is 23.9 Å². The molecule has 158 valence electrons. The van der Waals surface area contributed by atoms with E-state index in [9.17, 15) is 27.6 Å². The molecule has 1 aliphatic heterocycles. The van der Waals surface area contributed by atoms with Crippen molar-refractivity contribution >= 4 is 34.8 Å². The number of benzene rings is 2. The summed E-state index contributed by atoms with van der Waals surface area (Å²) in [6.45, 7) is 1.51. The zero-order chi connectivity index (χ0) is 21.9. The highest BCUT2D eigenvalue weighted by Crippen LogP contribution is 2.29. The lowest BCUT2D eigenvalue weighted by atomic mass is 10.1. The normalized spacial score (nSPS) is 16.3.